The van der Waals surface area contributed by atoms with Gasteiger partial charge >= 0.3 is 0 Å². The third-order valence-electron chi connectivity index (χ3n) is 4.65. The monoisotopic (exact) mass is 374 g/mol. The molecule has 0 aliphatic rings. The first-order chi connectivity index (χ1) is 13.7. The summed E-state index contributed by atoms with van der Waals surface area (Å²) in [6.45, 7) is 8.86. The lowest BCUT2D eigenvalue weighted by Crippen LogP contribution is -2.21. The van der Waals surface area contributed by atoms with Crippen LogP contribution in [0.5, 0.6) is 5.75 Å². The van der Waals surface area contributed by atoms with Crippen molar-refractivity contribution in [3.05, 3.63) is 53.9 Å². The minimum atomic E-state index is 0.480. The van der Waals surface area contributed by atoms with Crippen molar-refractivity contribution in [2.45, 2.75) is 27.2 Å². The second-order valence-corrected chi connectivity index (χ2v) is 6.52. The largest absolute Gasteiger partial charge is 0.493 e. The van der Waals surface area contributed by atoms with E-state index in [0.717, 1.165) is 47.5 Å². The van der Waals surface area contributed by atoms with Crippen LogP contribution in [0.1, 0.15) is 38.6 Å². The lowest BCUT2D eigenvalue weighted by atomic mass is 10.1. The van der Waals surface area contributed by atoms with Gasteiger partial charge in [-0.2, -0.15) is 5.26 Å². The van der Waals surface area contributed by atoms with Crippen molar-refractivity contribution in [2.75, 3.05) is 24.6 Å². The summed E-state index contributed by atoms with van der Waals surface area (Å²) in [6, 6.07) is 16.2. The molecule has 0 aliphatic carbocycles. The van der Waals surface area contributed by atoms with Crippen LogP contribution < -0.4 is 9.64 Å². The maximum absolute atomic E-state index is 9.72. The Bertz CT molecular complexity index is 976. The molecule has 144 valence electrons. The Labute approximate surface area is 166 Å². The molecule has 0 unspecified atom stereocenters. The van der Waals surface area contributed by atoms with Gasteiger partial charge in [0.1, 0.15) is 17.6 Å². The highest BCUT2D eigenvalue weighted by Gasteiger charge is 2.12. The van der Waals surface area contributed by atoms with Crippen LogP contribution in [0.3, 0.4) is 0 Å². The van der Waals surface area contributed by atoms with Gasteiger partial charge in [-0.05, 0) is 50.6 Å². The highest BCUT2D eigenvalue weighted by Crippen LogP contribution is 2.29. The molecular weight excluding hydrogens is 348 g/mol. The quantitative estimate of drug-likeness (QED) is 0.546. The summed E-state index contributed by atoms with van der Waals surface area (Å²) in [4.78, 5) is 10.0. The third kappa shape index (κ3) is 4.17. The summed E-state index contributed by atoms with van der Waals surface area (Å²) in [7, 11) is 0. The number of allylic oxidation sites excluding steroid dienone is 1. The van der Waals surface area contributed by atoms with E-state index in [1.54, 1.807) is 0 Å². The van der Waals surface area contributed by atoms with Crippen LogP contribution in [-0.4, -0.2) is 29.7 Å². The minimum Gasteiger partial charge on any atom is -0.493 e. The first kappa shape index (κ1) is 19.5. The number of nitriles is 1. The minimum absolute atomic E-state index is 0.480. The molecule has 0 spiro atoms. The zero-order valence-electron chi connectivity index (χ0n) is 16.7. The summed E-state index contributed by atoms with van der Waals surface area (Å²) in [5.74, 6) is 1.35. The third-order valence-corrected chi connectivity index (χ3v) is 4.65. The number of anilines is 1. The van der Waals surface area contributed by atoms with Gasteiger partial charge in [-0.15, -0.1) is 0 Å². The number of imidazole rings is 1. The molecule has 1 N–H and O–H groups in total. The Morgan fingerprint density at radius 3 is 2.64 bits per heavy atom. The number of rotatable bonds is 8. The van der Waals surface area contributed by atoms with Gasteiger partial charge in [-0.25, -0.2) is 4.98 Å². The lowest BCUT2D eigenvalue weighted by molar-refractivity contribution is 0.317. The van der Waals surface area contributed by atoms with E-state index in [1.807, 2.05) is 36.4 Å². The summed E-state index contributed by atoms with van der Waals surface area (Å²) in [5.41, 5.74) is 4.24. The van der Waals surface area contributed by atoms with E-state index >= 15 is 0 Å². The van der Waals surface area contributed by atoms with Crippen molar-refractivity contribution in [1.29, 1.82) is 5.26 Å². The summed E-state index contributed by atoms with van der Waals surface area (Å²) >= 11 is 0. The van der Waals surface area contributed by atoms with Crippen LogP contribution in [0.4, 0.5) is 5.69 Å². The number of nitrogens with zero attached hydrogens (tertiary/aromatic N) is 3. The van der Waals surface area contributed by atoms with Gasteiger partial charge in [0.15, 0.2) is 0 Å². The van der Waals surface area contributed by atoms with Gasteiger partial charge in [0.25, 0.3) is 0 Å². The molecule has 0 saturated carbocycles. The van der Waals surface area contributed by atoms with E-state index in [4.69, 9.17) is 4.74 Å². The van der Waals surface area contributed by atoms with Crippen molar-refractivity contribution in [1.82, 2.24) is 9.97 Å². The number of H-pyrrole nitrogens is 1. The first-order valence-corrected chi connectivity index (χ1v) is 9.78. The molecule has 0 saturated heterocycles. The van der Waals surface area contributed by atoms with E-state index in [1.165, 1.54) is 0 Å². The van der Waals surface area contributed by atoms with Gasteiger partial charge < -0.3 is 14.6 Å². The van der Waals surface area contributed by atoms with Crippen LogP contribution in [0.2, 0.25) is 0 Å². The maximum Gasteiger partial charge on any atom is 0.149 e. The molecule has 0 amide bonds. The molecule has 2 aromatic carbocycles. The lowest BCUT2D eigenvalue weighted by Gasteiger charge is -2.22. The number of hydrogen-bond donors (Lipinski definition) is 1. The Kier molecular flexibility index (Phi) is 6.33. The van der Waals surface area contributed by atoms with Crippen LogP contribution in [0.25, 0.3) is 22.7 Å². The van der Waals surface area contributed by atoms with E-state index in [2.05, 4.69) is 53.8 Å². The molecule has 0 radical (unpaired) electrons. The number of nitrogens with one attached hydrogen (secondary N) is 1. The molecule has 1 heterocycles. The van der Waals surface area contributed by atoms with Gasteiger partial charge in [0.2, 0.25) is 0 Å². The fraction of sp³-hybridized carbons (Fsp3) is 0.304. The first-order valence-electron chi connectivity index (χ1n) is 9.78. The van der Waals surface area contributed by atoms with Crippen molar-refractivity contribution >= 4 is 28.4 Å². The molecular formula is C23H26N4O. The van der Waals surface area contributed by atoms with Gasteiger partial charge in [0, 0.05) is 30.4 Å². The molecule has 3 rings (SSSR count). The van der Waals surface area contributed by atoms with Crippen molar-refractivity contribution < 1.29 is 4.74 Å². The molecule has 28 heavy (non-hydrogen) atoms. The molecule has 0 aliphatic heterocycles. The Morgan fingerprint density at radius 1 is 1.18 bits per heavy atom. The van der Waals surface area contributed by atoms with E-state index in [9.17, 15) is 5.26 Å². The number of benzene rings is 2. The van der Waals surface area contributed by atoms with E-state index < -0.39 is 0 Å². The van der Waals surface area contributed by atoms with Crippen LogP contribution >= 0.6 is 0 Å². The maximum atomic E-state index is 9.72. The molecule has 0 fully saturated rings. The highest BCUT2D eigenvalue weighted by atomic mass is 16.5. The van der Waals surface area contributed by atoms with E-state index in [-0.39, 0.29) is 0 Å². The fourth-order valence-corrected chi connectivity index (χ4v) is 3.15. The second-order valence-electron chi connectivity index (χ2n) is 6.52. The molecule has 1 aromatic heterocycles. The summed E-state index contributed by atoms with van der Waals surface area (Å²) in [5, 5.41) is 9.72. The van der Waals surface area contributed by atoms with Gasteiger partial charge in [-0.1, -0.05) is 19.1 Å². The van der Waals surface area contributed by atoms with Crippen LogP contribution in [0.15, 0.2) is 42.5 Å². The molecule has 0 bridgehead atoms. The number of aromatic amines is 1. The van der Waals surface area contributed by atoms with Gasteiger partial charge in [-0.3, -0.25) is 0 Å². The number of aromatic nitrogens is 2. The standard InChI is InChI=1S/C23H26N4O/c1-4-13-28-22-15-19(27(5-2)6-3)12-11-17(22)14-18(16-24)23-25-20-9-7-8-10-21(20)26-23/h7-12,14-15H,4-6,13H2,1-3H3,(H,25,26)/b18-14+. The molecule has 3 aromatic rings. The smallest absolute Gasteiger partial charge is 0.149 e. The van der Waals surface area contributed by atoms with Crippen molar-refractivity contribution in [3.8, 4) is 11.8 Å². The number of hydrogen-bond acceptors (Lipinski definition) is 4. The Hall–Kier alpha value is -3.26. The number of ether oxygens (including phenoxy) is 1. The number of para-hydroxylation sites is 2. The topological polar surface area (TPSA) is 64.9 Å². The predicted octanol–water partition coefficient (Wildman–Crippen LogP) is 5.26. The zero-order chi connectivity index (χ0) is 19.9. The van der Waals surface area contributed by atoms with E-state index in [0.29, 0.717) is 18.0 Å². The predicted molar refractivity (Wildman–Crippen MR) is 115 cm³/mol. The number of fused-ring (bicyclic) bond motifs is 1. The molecule has 0 atom stereocenters. The molecule has 5 nitrogen and oxygen atoms in total. The summed E-state index contributed by atoms with van der Waals surface area (Å²) in [6.07, 6.45) is 2.77. The van der Waals surface area contributed by atoms with Crippen molar-refractivity contribution in [3.63, 3.8) is 0 Å². The highest BCUT2D eigenvalue weighted by molar-refractivity contribution is 5.91. The second kappa shape index (κ2) is 9.09. The Balaban J connectivity index is 2.02. The SMILES string of the molecule is CCCOc1cc(N(CC)CC)ccc1/C=C(\C#N)c1nc2ccccc2[nH]1. The van der Waals surface area contributed by atoms with Crippen LogP contribution in [-0.2, 0) is 0 Å². The molecule has 5 heteroatoms. The fourth-order valence-electron chi connectivity index (χ4n) is 3.15. The van der Waals surface area contributed by atoms with Crippen molar-refractivity contribution in [2.24, 2.45) is 0 Å². The summed E-state index contributed by atoms with van der Waals surface area (Å²) < 4.78 is 6.00. The normalized spacial score (nSPS) is 11.4. The average molecular weight is 374 g/mol. The van der Waals surface area contributed by atoms with Gasteiger partial charge in [0.05, 0.1) is 23.2 Å². The average Bonchev–Trinajstić information content (AvgIpc) is 3.16. The zero-order valence-corrected chi connectivity index (χ0v) is 16.7. The van der Waals surface area contributed by atoms with Crippen LogP contribution in [0, 0.1) is 11.3 Å². The Morgan fingerprint density at radius 2 is 1.96 bits per heavy atom.